The van der Waals surface area contributed by atoms with Crippen molar-refractivity contribution in [1.29, 1.82) is 0 Å². The topological polar surface area (TPSA) is 75.2 Å². The summed E-state index contributed by atoms with van der Waals surface area (Å²) in [6, 6.07) is 5.31. The normalized spacial score (nSPS) is 18.1. The van der Waals surface area contributed by atoms with Crippen LogP contribution in [-0.2, 0) is 10.0 Å². The number of halogens is 1. The number of nitrogens with one attached hydrogen (secondary N) is 1. The molecule has 1 N–H and O–H groups in total. The van der Waals surface area contributed by atoms with Crippen LogP contribution in [0.3, 0.4) is 0 Å². The monoisotopic (exact) mass is 357 g/mol. The van der Waals surface area contributed by atoms with E-state index >= 15 is 0 Å². The maximum absolute atomic E-state index is 12.3. The number of H-pyrrole nitrogens is 1. The van der Waals surface area contributed by atoms with Crippen LogP contribution in [0.5, 0.6) is 0 Å². The third-order valence-electron chi connectivity index (χ3n) is 4.42. The minimum Gasteiger partial charge on any atom is -0.305 e. The Balaban J connectivity index is 1.86. The first-order chi connectivity index (χ1) is 10.8. The molecule has 0 unspecified atom stereocenters. The van der Waals surface area contributed by atoms with Gasteiger partial charge in [0.25, 0.3) is 0 Å². The van der Waals surface area contributed by atoms with Crippen LogP contribution in [0, 0.1) is 0 Å². The fraction of sp³-hybridized carbons (Fsp3) is 0.533. The molecule has 1 aliphatic heterocycles. The second-order valence-electron chi connectivity index (χ2n) is 6.19. The molecule has 1 aromatic heterocycles. The minimum atomic E-state index is -3.23. The third-order valence-corrected chi connectivity index (χ3v) is 6.93. The van der Waals surface area contributed by atoms with Crippen molar-refractivity contribution in [1.82, 2.24) is 13.9 Å². The summed E-state index contributed by atoms with van der Waals surface area (Å²) in [7, 11) is -3.23. The molecule has 2 heterocycles. The lowest BCUT2D eigenvalue weighted by atomic mass is 10.1. The molecule has 0 spiro atoms. The number of hydrogen-bond donors (Lipinski definition) is 1. The zero-order valence-corrected chi connectivity index (χ0v) is 14.7. The van der Waals surface area contributed by atoms with E-state index in [4.69, 9.17) is 11.6 Å². The predicted molar refractivity (Wildman–Crippen MR) is 91.5 cm³/mol. The van der Waals surface area contributed by atoms with Gasteiger partial charge < -0.3 is 4.98 Å². The largest absolute Gasteiger partial charge is 0.326 e. The number of benzene rings is 1. The molecule has 0 saturated carbocycles. The molecule has 0 amide bonds. The zero-order valence-electron chi connectivity index (χ0n) is 13.1. The van der Waals surface area contributed by atoms with Crippen LogP contribution >= 0.6 is 11.6 Å². The Bertz CT molecular complexity index is 877. The van der Waals surface area contributed by atoms with Crippen molar-refractivity contribution in [2.75, 3.05) is 13.1 Å². The lowest BCUT2D eigenvalue weighted by Crippen LogP contribution is -2.43. The molecule has 0 atom stereocenters. The second-order valence-corrected chi connectivity index (χ2v) is 9.11. The van der Waals surface area contributed by atoms with Gasteiger partial charge in [0.2, 0.25) is 10.0 Å². The number of fused-ring (bicyclic) bond motifs is 1. The van der Waals surface area contributed by atoms with Crippen molar-refractivity contribution in [3.05, 3.63) is 33.7 Å². The van der Waals surface area contributed by atoms with Gasteiger partial charge in [0.05, 0.1) is 16.3 Å². The Morgan fingerprint density at radius 2 is 1.91 bits per heavy atom. The first-order valence-electron chi connectivity index (χ1n) is 7.69. The first kappa shape index (κ1) is 16.5. The summed E-state index contributed by atoms with van der Waals surface area (Å²) in [6.07, 6.45) is 1.25. The molecule has 126 valence electrons. The Kier molecular flexibility index (Phi) is 4.29. The summed E-state index contributed by atoms with van der Waals surface area (Å²) < 4.78 is 27.7. The number of aromatic nitrogens is 2. The number of sulfonamides is 1. The van der Waals surface area contributed by atoms with Crippen LogP contribution in [0.1, 0.15) is 32.7 Å². The lowest BCUT2D eigenvalue weighted by Gasteiger charge is -2.32. The van der Waals surface area contributed by atoms with Gasteiger partial charge in [-0.25, -0.2) is 17.5 Å². The summed E-state index contributed by atoms with van der Waals surface area (Å²) in [6.45, 7) is 4.26. The van der Waals surface area contributed by atoms with E-state index in [1.807, 2.05) is 6.07 Å². The Morgan fingerprint density at radius 3 is 2.52 bits per heavy atom. The molecule has 1 aliphatic rings. The fourth-order valence-electron chi connectivity index (χ4n) is 3.12. The summed E-state index contributed by atoms with van der Waals surface area (Å²) in [5.74, 6) is 0. The average Bonchev–Trinajstić information content (AvgIpc) is 2.82. The molecule has 6 nitrogen and oxygen atoms in total. The van der Waals surface area contributed by atoms with Crippen molar-refractivity contribution in [3.63, 3.8) is 0 Å². The highest BCUT2D eigenvalue weighted by Crippen LogP contribution is 2.27. The van der Waals surface area contributed by atoms with Gasteiger partial charge in [-0.3, -0.25) is 4.57 Å². The van der Waals surface area contributed by atoms with Crippen molar-refractivity contribution in [2.45, 2.75) is 38.0 Å². The molecule has 0 bridgehead atoms. The standard InChI is InChI=1S/C15H20ClN3O3S/c1-10(2)23(21,22)18-7-5-12(6-8-18)19-14-4-3-11(16)9-13(14)17-15(19)20/h3-4,9-10,12H,5-8H2,1-2H3,(H,17,20). The van der Waals surface area contributed by atoms with Gasteiger partial charge in [-0.05, 0) is 44.9 Å². The van der Waals surface area contributed by atoms with Crippen LogP contribution < -0.4 is 5.69 Å². The SMILES string of the molecule is CC(C)S(=O)(=O)N1CCC(n2c(=O)[nH]c3cc(Cl)ccc32)CC1. The van der Waals surface area contributed by atoms with E-state index in [1.54, 1.807) is 30.5 Å². The highest BCUT2D eigenvalue weighted by Gasteiger charge is 2.31. The number of imidazole rings is 1. The van der Waals surface area contributed by atoms with E-state index in [9.17, 15) is 13.2 Å². The highest BCUT2D eigenvalue weighted by atomic mass is 35.5. The van der Waals surface area contributed by atoms with E-state index in [2.05, 4.69) is 4.98 Å². The molecule has 23 heavy (non-hydrogen) atoms. The smallest absolute Gasteiger partial charge is 0.305 e. The van der Waals surface area contributed by atoms with E-state index in [0.29, 0.717) is 36.5 Å². The van der Waals surface area contributed by atoms with Crippen molar-refractivity contribution >= 4 is 32.7 Å². The quantitative estimate of drug-likeness (QED) is 0.916. The summed E-state index contributed by atoms with van der Waals surface area (Å²) in [4.78, 5) is 15.1. The molecule has 8 heteroatoms. The Labute approximate surface area is 140 Å². The third kappa shape index (κ3) is 2.93. The Hall–Kier alpha value is -1.31. The predicted octanol–water partition coefficient (Wildman–Crippen LogP) is 2.36. The second kappa shape index (κ2) is 5.96. The average molecular weight is 358 g/mol. The van der Waals surface area contributed by atoms with Crippen molar-refractivity contribution < 1.29 is 8.42 Å². The van der Waals surface area contributed by atoms with Gasteiger partial charge in [-0.2, -0.15) is 0 Å². The van der Waals surface area contributed by atoms with Crippen LogP contribution in [0.25, 0.3) is 11.0 Å². The highest BCUT2D eigenvalue weighted by molar-refractivity contribution is 7.89. The Morgan fingerprint density at radius 1 is 1.26 bits per heavy atom. The van der Waals surface area contributed by atoms with Gasteiger partial charge in [0.1, 0.15) is 0 Å². The number of piperidine rings is 1. The van der Waals surface area contributed by atoms with E-state index in [1.165, 1.54) is 4.31 Å². The van der Waals surface area contributed by atoms with Crippen LogP contribution in [0.2, 0.25) is 5.02 Å². The molecule has 0 aliphatic carbocycles. The van der Waals surface area contributed by atoms with E-state index < -0.39 is 15.3 Å². The number of nitrogens with zero attached hydrogens (tertiary/aromatic N) is 2. The number of aromatic amines is 1. The summed E-state index contributed by atoms with van der Waals surface area (Å²) >= 11 is 5.96. The van der Waals surface area contributed by atoms with Crippen molar-refractivity contribution in [3.8, 4) is 0 Å². The van der Waals surface area contributed by atoms with Gasteiger partial charge in [0, 0.05) is 24.2 Å². The van der Waals surface area contributed by atoms with Gasteiger partial charge in [0.15, 0.2) is 0 Å². The van der Waals surface area contributed by atoms with E-state index in [0.717, 1.165) is 5.52 Å². The van der Waals surface area contributed by atoms with Crippen LogP contribution in [0.15, 0.2) is 23.0 Å². The van der Waals surface area contributed by atoms with Gasteiger partial charge in [-0.1, -0.05) is 11.6 Å². The molecule has 1 saturated heterocycles. The lowest BCUT2D eigenvalue weighted by molar-refractivity contribution is 0.273. The van der Waals surface area contributed by atoms with Gasteiger partial charge >= 0.3 is 5.69 Å². The molecular weight excluding hydrogens is 338 g/mol. The molecule has 1 aromatic carbocycles. The minimum absolute atomic E-state index is 0.00367. The van der Waals surface area contributed by atoms with Crippen LogP contribution in [0.4, 0.5) is 0 Å². The first-order valence-corrected chi connectivity index (χ1v) is 9.57. The van der Waals surface area contributed by atoms with Gasteiger partial charge in [-0.15, -0.1) is 0 Å². The zero-order chi connectivity index (χ0) is 16.8. The number of hydrogen-bond acceptors (Lipinski definition) is 3. The maximum atomic E-state index is 12.3. The van der Waals surface area contributed by atoms with E-state index in [-0.39, 0.29) is 11.7 Å². The maximum Gasteiger partial charge on any atom is 0.326 e. The van der Waals surface area contributed by atoms with Crippen LogP contribution in [-0.4, -0.2) is 40.6 Å². The number of rotatable bonds is 3. The molecule has 3 rings (SSSR count). The molecule has 0 radical (unpaired) electrons. The summed E-state index contributed by atoms with van der Waals surface area (Å²) in [5.41, 5.74) is 1.34. The molecule has 2 aromatic rings. The molecular formula is C15H20ClN3O3S. The molecule has 1 fully saturated rings. The van der Waals surface area contributed by atoms with Crippen molar-refractivity contribution in [2.24, 2.45) is 0 Å². The summed E-state index contributed by atoms with van der Waals surface area (Å²) in [5, 5.41) is 0.153. The fourth-order valence-corrected chi connectivity index (χ4v) is 4.61.